The average Bonchev–Trinajstić information content (AvgIpc) is 2.65. The van der Waals surface area contributed by atoms with Crippen molar-refractivity contribution in [2.24, 2.45) is 7.05 Å². The zero-order chi connectivity index (χ0) is 12.4. The van der Waals surface area contributed by atoms with Crippen LogP contribution in [0.15, 0.2) is 29.1 Å². The fraction of sp³-hybridized carbons (Fsp3) is 0.167. The van der Waals surface area contributed by atoms with Gasteiger partial charge in [0.25, 0.3) is 5.56 Å². The van der Waals surface area contributed by atoms with Crippen molar-refractivity contribution in [2.75, 3.05) is 7.11 Å². The topological polar surface area (TPSA) is 70.8 Å². The zero-order valence-corrected chi connectivity index (χ0v) is 9.52. The molecule has 17 heavy (non-hydrogen) atoms. The molecule has 0 saturated carbocycles. The summed E-state index contributed by atoms with van der Waals surface area (Å²) in [5.74, 6) is 0.727. The minimum absolute atomic E-state index is 0.123. The van der Waals surface area contributed by atoms with Crippen LogP contribution >= 0.6 is 0 Å². The first kappa shape index (κ1) is 11.0. The van der Waals surface area contributed by atoms with Crippen molar-refractivity contribution in [3.63, 3.8) is 0 Å². The molecule has 2 rings (SSSR count). The van der Waals surface area contributed by atoms with Gasteiger partial charge in [-0.05, 0) is 24.3 Å². The number of hydrogen-bond acceptors (Lipinski definition) is 3. The highest BCUT2D eigenvalue weighted by Crippen LogP contribution is 2.21. The maximum absolute atomic E-state index is 11.6. The van der Waals surface area contributed by atoms with Crippen LogP contribution in [0.4, 0.5) is 0 Å². The molecule has 0 aliphatic rings. The first-order chi connectivity index (χ1) is 8.17. The highest BCUT2D eigenvalue weighted by Gasteiger charge is 2.13. The Morgan fingerprint density at radius 2 is 2.00 bits per heavy atom. The third kappa shape index (κ3) is 1.81. The summed E-state index contributed by atoms with van der Waals surface area (Å²) in [6, 6.07) is 9.07. The van der Waals surface area contributed by atoms with Gasteiger partial charge in [0.1, 0.15) is 17.4 Å². The standard InChI is InChI=1S/C12H11N3O2/c1-15-12(16)10(7-13)11(14-15)8-3-5-9(17-2)6-4-8/h3-6,14H,1-2H3. The summed E-state index contributed by atoms with van der Waals surface area (Å²) in [6.45, 7) is 0. The lowest BCUT2D eigenvalue weighted by atomic mass is 10.1. The summed E-state index contributed by atoms with van der Waals surface area (Å²) >= 11 is 0. The van der Waals surface area contributed by atoms with Gasteiger partial charge >= 0.3 is 0 Å². The predicted octanol–water partition coefficient (Wildman–Crippen LogP) is 1.26. The van der Waals surface area contributed by atoms with Crippen LogP contribution in [0, 0.1) is 11.3 Å². The first-order valence-corrected chi connectivity index (χ1v) is 5.01. The van der Waals surface area contributed by atoms with Gasteiger partial charge in [-0.1, -0.05) is 0 Å². The molecule has 0 aliphatic carbocycles. The molecular formula is C12H11N3O2. The molecule has 1 heterocycles. The molecule has 0 radical (unpaired) electrons. The van der Waals surface area contributed by atoms with Gasteiger partial charge in [0.2, 0.25) is 0 Å². The number of rotatable bonds is 2. The van der Waals surface area contributed by atoms with Gasteiger partial charge < -0.3 is 4.74 Å². The number of nitrogens with one attached hydrogen (secondary N) is 1. The molecule has 0 atom stereocenters. The lowest BCUT2D eigenvalue weighted by molar-refractivity contribution is 0.415. The lowest BCUT2D eigenvalue weighted by Crippen LogP contribution is -2.13. The van der Waals surface area contributed by atoms with Crippen molar-refractivity contribution in [1.82, 2.24) is 9.78 Å². The van der Waals surface area contributed by atoms with Gasteiger partial charge in [-0.25, -0.2) is 0 Å². The molecule has 1 N–H and O–H groups in total. The van der Waals surface area contributed by atoms with E-state index in [0.29, 0.717) is 5.69 Å². The van der Waals surface area contributed by atoms with E-state index in [0.717, 1.165) is 11.3 Å². The normalized spacial score (nSPS) is 9.94. The van der Waals surface area contributed by atoms with E-state index in [2.05, 4.69) is 5.10 Å². The second-order valence-electron chi connectivity index (χ2n) is 3.57. The van der Waals surface area contributed by atoms with E-state index < -0.39 is 0 Å². The number of nitriles is 1. The summed E-state index contributed by atoms with van der Waals surface area (Å²) in [7, 11) is 3.16. The predicted molar refractivity (Wildman–Crippen MR) is 62.7 cm³/mol. The van der Waals surface area contributed by atoms with Gasteiger partial charge in [-0.2, -0.15) is 5.26 Å². The van der Waals surface area contributed by atoms with Crippen molar-refractivity contribution in [2.45, 2.75) is 0 Å². The molecule has 0 fully saturated rings. The van der Waals surface area contributed by atoms with Crippen molar-refractivity contribution in [3.8, 4) is 23.1 Å². The summed E-state index contributed by atoms with van der Waals surface area (Å²) in [5.41, 5.74) is 1.11. The van der Waals surface area contributed by atoms with E-state index in [1.54, 1.807) is 38.4 Å². The first-order valence-electron chi connectivity index (χ1n) is 5.01. The van der Waals surface area contributed by atoms with Crippen LogP contribution in [-0.2, 0) is 7.05 Å². The van der Waals surface area contributed by atoms with Crippen LogP contribution in [-0.4, -0.2) is 16.9 Å². The Hall–Kier alpha value is -2.48. The molecule has 0 spiro atoms. The summed E-state index contributed by atoms with van der Waals surface area (Å²) in [5, 5.41) is 11.8. The van der Waals surface area contributed by atoms with Gasteiger partial charge in [0, 0.05) is 12.6 Å². The van der Waals surface area contributed by atoms with Crippen LogP contribution in [0.3, 0.4) is 0 Å². The molecule has 0 amide bonds. The van der Waals surface area contributed by atoms with Gasteiger partial charge in [-0.15, -0.1) is 0 Å². The smallest absolute Gasteiger partial charge is 0.284 e. The summed E-state index contributed by atoms with van der Waals surface area (Å²) in [6.07, 6.45) is 0. The number of H-pyrrole nitrogens is 1. The Morgan fingerprint density at radius 1 is 1.35 bits per heavy atom. The number of methoxy groups -OCH3 is 1. The van der Waals surface area contributed by atoms with Gasteiger partial charge in [0.05, 0.1) is 12.8 Å². The van der Waals surface area contributed by atoms with Crippen molar-refractivity contribution >= 4 is 0 Å². The van der Waals surface area contributed by atoms with Gasteiger partial charge in [-0.3, -0.25) is 14.6 Å². The number of hydrogen-bond donors (Lipinski definition) is 1. The minimum Gasteiger partial charge on any atom is -0.497 e. The number of aryl methyl sites for hydroxylation is 1. The molecular weight excluding hydrogens is 218 g/mol. The van der Waals surface area contributed by atoms with E-state index in [1.165, 1.54) is 4.68 Å². The molecule has 1 aromatic carbocycles. The van der Waals surface area contributed by atoms with E-state index in [4.69, 9.17) is 10.00 Å². The number of aromatic nitrogens is 2. The van der Waals surface area contributed by atoms with Crippen LogP contribution in [0.2, 0.25) is 0 Å². The second-order valence-corrected chi connectivity index (χ2v) is 3.57. The Balaban J connectivity index is 2.57. The molecule has 5 nitrogen and oxygen atoms in total. The fourth-order valence-electron chi connectivity index (χ4n) is 1.62. The Kier molecular flexibility index (Phi) is 2.71. The number of nitrogens with zero attached hydrogens (tertiary/aromatic N) is 2. The number of ether oxygens (including phenoxy) is 1. The Labute approximate surface area is 97.9 Å². The minimum atomic E-state index is -0.321. The maximum atomic E-state index is 11.6. The Bertz CT molecular complexity index is 629. The molecule has 0 saturated heterocycles. The van der Waals surface area contributed by atoms with E-state index in [1.807, 2.05) is 6.07 Å². The van der Waals surface area contributed by atoms with E-state index in [-0.39, 0.29) is 11.1 Å². The van der Waals surface area contributed by atoms with Crippen LogP contribution in [0.5, 0.6) is 5.75 Å². The monoisotopic (exact) mass is 229 g/mol. The highest BCUT2D eigenvalue weighted by molar-refractivity contribution is 5.66. The molecule has 0 bridgehead atoms. The average molecular weight is 229 g/mol. The Morgan fingerprint density at radius 3 is 2.53 bits per heavy atom. The molecule has 0 unspecified atom stereocenters. The third-order valence-electron chi connectivity index (χ3n) is 2.54. The molecule has 0 aliphatic heterocycles. The molecule has 86 valence electrons. The highest BCUT2D eigenvalue weighted by atomic mass is 16.5. The molecule has 1 aromatic heterocycles. The number of benzene rings is 1. The van der Waals surface area contributed by atoms with Crippen molar-refractivity contribution in [3.05, 3.63) is 40.2 Å². The summed E-state index contributed by atoms with van der Waals surface area (Å²) < 4.78 is 6.34. The zero-order valence-electron chi connectivity index (χ0n) is 9.52. The lowest BCUT2D eigenvalue weighted by Gasteiger charge is -2.01. The molecule has 2 aromatic rings. The quantitative estimate of drug-likeness (QED) is 0.842. The maximum Gasteiger partial charge on any atom is 0.284 e. The third-order valence-corrected chi connectivity index (χ3v) is 2.54. The largest absolute Gasteiger partial charge is 0.497 e. The van der Waals surface area contributed by atoms with Crippen molar-refractivity contribution in [1.29, 1.82) is 5.26 Å². The van der Waals surface area contributed by atoms with Crippen molar-refractivity contribution < 1.29 is 4.74 Å². The fourth-order valence-corrected chi connectivity index (χ4v) is 1.62. The van der Waals surface area contributed by atoms with Gasteiger partial charge in [0.15, 0.2) is 0 Å². The SMILES string of the molecule is COc1ccc(-c2[nH]n(C)c(=O)c2C#N)cc1. The van der Waals surface area contributed by atoms with Crippen LogP contribution in [0.25, 0.3) is 11.3 Å². The van der Waals surface area contributed by atoms with Crippen LogP contribution < -0.4 is 10.3 Å². The summed E-state index contributed by atoms with van der Waals surface area (Å²) in [4.78, 5) is 11.6. The molecule has 5 heteroatoms. The van der Waals surface area contributed by atoms with Crippen LogP contribution in [0.1, 0.15) is 5.56 Å². The second kappa shape index (κ2) is 4.18. The number of aromatic amines is 1. The van der Waals surface area contributed by atoms with E-state index in [9.17, 15) is 4.79 Å². The van der Waals surface area contributed by atoms with E-state index >= 15 is 0 Å².